The second kappa shape index (κ2) is 12.5. The summed E-state index contributed by atoms with van der Waals surface area (Å²) in [5, 5.41) is 18.3. The number of carbonyl (C=O) groups excluding carboxylic acids is 1. The van der Waals surface area contributed by atoms with Gasteiger partial charge in [0.1, 0.15) is 22.3 Å². The molecule has 0 aromatic heterocycles. The summed E-state index contributed by atoms with van der Waals surface area (Å²) in [5.74, 6) is -2.41. The molecular formula is C21H30Cl7N3O4. The van der Waals surface area contributed by atoms with Crippen molar-refractivity contribution in [3.63, 3.8) is 0 Å². The molecule has 0 saturated heterocycles. The lowest BCUT2D eigenvalue weighted by Gasteiger charge is -2.34. The Kier molecular flexibility index (Phi) is 11.9. The van der Waals surface area contributed by atoms with E-state index in [9.17, 15) is 14.7 Å². The van der Waals surface area contributed by atoms with Gasteiger partial charge in [-0.25, -0.2) is 0 Å². The number of alkyl halides is 5. The minimum Gasteiger partial charge on any atom is -0.544 e. The summed E-state index contributed by atoms with van der Waals surface area (Å²) in [5.41, 5.74) is 10.4. The van der Waals surface area contributed by atoms with Gasteiger partial charge < -0.3 is 31.0 Å². The normalized spacial score (nSPS) is 32.9. The van der Waals surface area contributed by atoms with Gasteiger partial charge >= 0.3 is 5.97 Å². The molecule has 1 fully saturated rings. The Bertz CT molecular complexity index is 864. The molecule has 0 spiro atoms. The zero-order chi connectivity index (χ0) is 27.6. The van der Waals surface area contributed by atoms with Crippen molar-refractivity contribution in [1.82, 2.24) is 0 Å². The molecule has 14 heteroatoms. The fourth-order valence-corrected chi connectivity index (χ4v) is 7.62. The Balaban J connectivity index is 0.000000293. The van der Waals surface area contributed by atoms with E-state index in [1.54, 1.807) is 21.1 Å². The molecule has 35 heavy (non-hydrogen) atoms. The lowest BCUT2D eigenvalue weighted by atomic mass is 9.84. The third-order valence-electron chi connectivity index (χ3n) is 5.79. The van der Waals surface area contributed by atoms with Crippen LogP contribution in [0.5, 0.6) is 0 Å². The summed E-state index contributed by atoms with van der Waals surface area (Å²) in [6, 6.07) is -0.716. The van der Waals surface area contributed by atoms with Crippen molar-refractivity contribution in [2.24, 2.45) is 23.3 Å². The molecule has 6 atom stereocenters. The third kappa shape index (κ3) is 6.67. The van der Waals surface area contributed by atoms with Crippen LogP contribution in [0.2, 0.25) is 0 Å². The summed E-state index contributed by atoms with van der Waals surface area (Å²) in [6.07, 6.45) is 5.86. The number of allylic oxidation sites excluding steroid dienone is 4. The van der Waals surface area contributed by atoms with Gasteiger partial charge in [0.25, 0.3) is 0 Å². The molecule has 3 aliphatic rings. The molecule has 3 rings (SSSR count). The number of unbranched alkanes of at least 4 members (excludes halogenated alkanes) is 1. The topological polar surface area (TPSA) is 129 Å². The fraction of sp³-hybridized carbons (Fsp3) is 0.714. The average Bonchev–Trinajstić information content (AvgIpc) is 3.20. The van der Waals surface area contributed by atoms with Crippen LogP contribution < -0.4 is 16.6 Å². The first-order valence-electron chi connectivity index (χ1n) is 10.6. The Labute approximate surface area is 240 Å². The van der Waals surface area contributed by atoms with Crippen molar-refractivity contribution in [3.8, 4) is 0 Å². The number of nitrogens with two attached hydrogens (primary N) is 2. The SMILES string of the molecule is C[N+](C)(C)CC(=O)[O-].ClC1=C(Cl)C2(Cl)C3C(Cl)C=CC3C1(Cl)C2(Cl)Cl.NCCCC[C@H](N)C(=O)O. The van der Waals surface area contributed by atoms with Gasteiger partial charge in [-0.2, -0.15) is 0 Å². The maximum absolute atomic E-state index is 10.1. The van der Waals surface area contributed by atoms with Crippen LogP contribution in [0, 0.1) is 11.8 Å². The van der Waals surface area contributed by atoms with E-state index in [1.807, 2.05) is 12.2 Å². The number of carboxylic acids is 2. The minimum atomic E-state index is -1.48. The largest absolute Gasteiger partial charge is 0.544 e. The third-order valence-corrected chi connectivity index (χ3v) is 10.5. The standard InChI is InChI=1S/C10H5Cl7.C6H14N2O2.C5H11NO2/c11-4-2-1-3-5(4)9(15)7(13)6(12)8(3,14)10(9,16)17;7-4-2-1-3-5(8)6(9)10;1-6(2,3)4-5(7)8/h1-5H;5H,1-4,7-8H2,(H,9,10);4H2,1-3H3/t;5-;/m.0./s1. The van der Waals surface area contributed by atoms with E-state index >= 15 is 0 Å². The highest BCUT2D eigenvalue weighted by molar-refractivity contribution is 6.66. The van der Waals surface area contributed by atoms with Gasteiger partial charge in [-0.3, -0.25) is 4.79 Å². The molecule has 0 heterocycles. The molecular weight excluding hydrogens is 606 g/mol. The molecule has 0 amide bonds. The van der Waals surface area contributed by atoms with Crippen molar-refractivity contribution in [2.75, 3.05) is 34.2 Å². The zero-order valence-electron chi connectivity index (χ0n) is 19.4. The molecule has 5 unspecified atom stereocenters. The van der Waals surface area contributed by atoms with Crippen LogP contribution in [0.15, 0.2) is 22.2 Å². The number of carbonyl (C=O) groups is 2. The predicted octanol–water partition coefficient (Wildman–Crippen LogP) is 3.21. The van der Waals surface area contributed by atoms with Gasteiger partial charge in [0.2, 0.25) is 0 Å². The smallest absolute Gasteiger partial charge is 0.320 e. The van der Waals surface area contributed by atoms with Crippen LogP contribution >= 0.6 is 81.2 Å². The van der Waals surface area contributed by atoms with E-state index < -0.39 is 32.1 Å². The van der Waals surface area contributed by atoms with Gasteiger partial charge in [0, 0.05) is 11.8 Å². The molecule has 202 valence electrons. The van der Waals surface area contributed by atoms with Crippen molar-refractivity contribution < 1.29 is 24.3 Å². The lowest BCUT2D eigenvalue weighted by molar-refractivity contribution is -0.864. The maximum atomic E-state index is 10.1. The number of quaternary nitrogens is 1. The average molecular weight is 637 g/mol. The quantitative estimate of drug-likeness (QED) is 0.170. The maximum Gasteiger partial charge on any atom is 0.320 e. The molecule has 1 saturated carbocycles. The van der Waals surface area contributed by atoms with Crippen LogP contribution in [0.3, 0.4) is 0 Å². The van der Waals surface area contributed by atoms with E-state index in [2.05, 4.69) is 0 Å². The Morgan fingerprint density at radius 2 is 1.60 bits per heavy atom. The highest BCUT2D eigenvalue weighted by Gasteiger charge is 2.83. The Morgan fingerprint density at radius 1 is 1.09 bits per heavy atom. The molecule has 0 radical (unpaired) electrons. The monoisotopic (exact) mass is 633 g/mol. The number of nitrogens with zero attached hydrogens (tertiary/aromatic N) is 1. The predicted molar refractivity (Wildman–Crippen MR) is 143 cm³/mol. The highest BCUT2D eigenvalue weighted by atomic mass is 35.5. The van der Waals surface area contributed by atoms with E-state index in [1.165, 1.54) is 0 Å². The van der Waals surface area contributed by atoms with Crippen LogP contribution in [-0.4, -0.2) is 81.3 Å². The van der Waals surface area contributed by atoms with Gasteiger partial charge in [-0.15, -0.1) is 34.8 Å². The zero-order valence-corrected chi connectivity index (χ0v) is 24.7. The van der Waals surface area contributed by atoms with Crippen molar-refractivity contribution in [1.29, 1.82) is 0 Å². The number of likely N-dealkylation sites (N-methyl/N-ethyl adjacent to an activating group) is 1. The first-order chi connectivity index (χ1) is 15.8. The van der Waals surface area contributed by atoms with Crippen LogP contribution in [0.4, 0.5) is 0 Å². The summed E-state index contributed by atoms with van der Waals surface area (Å²) >= 11 is 44.5. The Morgan fingerprint density at radius 3 is 2.00 bits per heavy atom. The minimum absolute atomic E-state index is 0.0694. The van der Waals surface area contributed by atoms with E-state index in [4.69, 9.17) is 97.8 Å². The molecule has 0 aromatic carbocycles. The van der Waals surface area contributed by atoms with Crippen molar-refractivity contribution in [3.05, 3.63) is 22.2 Å². The number of rotatable bonds is 7. The summed E-state index contributed by atoms with van der Waals surface area (Å²) in [4.78, 5) is 17.6. The highest BCUT2D eigenvalue weighted by Crippen LogP contribution is 2.78. The molecule has 0 aliphatic heterocycles. The molecule has 3 aliphatic carbocycles. The summed E-state index contributed by atoms with van der Waals surface area (Å²) in [7, 11) is 5.40. The number of hydrogen-bond acceptors (Lipinski definition) is 5. The number of halogens is 7. The number of hydrogen-bond donors (Lipinski definition) is 3. The van der Waals surface area contributed by atoms with Crippen molar-refractivity contribution in [2.45, 2.75) is 44.8 Å². The van der Waals surface area contributed by atoms with Crippen LogP contribution in [0.1, 0.15) is 19.3 Å². The first-order valence-corrected chi connectivity index (χ1v) is 13.3. The summed E-state index contributed by atoms with van der Waals surface area (Å²) in [6.45, 7) is 0.673. The second-order valence-corrected chi connectivity index (χ2v) is 13.3. The molecule has 2 bridgehead atoms. The molecule has 0 aromatic rings. The van der Waals surface area contributed by atoms with Crippen LogP contribution in [0.25, 0.3) is 0 Å². The number of fused-ring (bicyclic) bond motifs is 5. The second-order valence-electron chi connectivity index (χ2n) is 9.56. The lowest BCUT2D eigenvalue weighted by Crippen LogP contribution is -2.45. The van der Waals surface area contributed by atoms with Gasteiger partial charge in [-0.1, -0.05) is 65.0 Å². The van der Waals surface area contributed by atoms with Gasteiger partial charge in [0.05, 0.1) is 42.6 Å². The fourth-order valence-electron chi connectivity index (χ4n) is 4.10. The van der Waals surface area contributed by atoms with Gasteiger partial charge in [-0.05, 0) is 19.4 Å². The molecule has 7 nitrogen and oxygen atoms in total. The Hall–Kier alpha value is 0.330. The number of carboxylic acid groups (broad SMARTS) is 2. The van der Waals surface area contributed by atoms with Gasteiger partial charge in [0.15, 0.2) is 4.33 Å². The molecule has 5 N–H and O–H groups in total. The van der Waals surface area contributed by atoms with E-state index in [-0.39, 0.29) is 33.8 Å². The van der Waals surface area contributed by atoms with Crippen LogP contribution in [-0.2, 0) is 9.59 Å². The number of aliphatic carboxylic acids is 2. The van der Waals surface area contributed by atoms with Crippen molar-refractivity contribution >= 4 is 93.1 Å². The van der Waals surface area contributed by atoms with E-state index in [0.717, 1.165) is 12.8 Å². The summed E-state index contributed by atoms with van der Waals surface area (Å²) < 4.78 is -1.06. The first kappa shape index (κ1) is 33.4. The van der Waals surface area contributed by atoms with E-state index in [0.29, 0.717) is 17.4 Å².